The van der Waals surface area contributed by atoms with Crippen molar-refractivity contribution in [2.24, 2.45) is 0 Å². The van der Waals surface area contributed by atoms with E-state index in [1.165, 1.54) is 7.11 Å². The fourth-order valence-electron chi connectivity index (χ4n) is 2.89. The van der Waals surface area contributed by atoms with E-state index in [2.05, 4.69) is 5.32 Å². The quantitative estimate of drug-likeness (QED) is 0.250. The highest BCUT2D eigenvalue weighted by atomic mass is 35.5. The summed E-state index contributed by atoms with van der Waals surface area (Å²) in [4.78, 5) is 49.9. The Balaban J connectivity index is 1.55. The van der Waals surface area contributed by atoms with E-state index < -0.39 is 30.3 Å². The molecule has 12 heteroatoms. The molecule has 3 rings (SSSR count). The van der Waals surface area contributed by atoms with Crippen LogP contribution in [0.1, 0.15) is 27.1 Å². The van der Waals surface area contributed by atoms with E-state index >= 15 is 0 Å². The standard InChI is InChI=1S/C20H14Cl4N2O6/c1-31-10-4-2-9(3-5-10)25-11(27)8-32-12(28)6-7-26-19(29)13-14(20(26)30)16(22)18(24)17(23)15(13)21/h2-5H,6-8H2,1H3,(H,25,27). The maximum Gasteiger partial charge on any atom is 0.308 e. The number of methoxy groups -OCH3 is 1. The lowest BCUT2D eigenvalue weighted by atomic mass is 10.1. The highest BCUT2D eigenvalue weighted by Gasteiger charge is 2.41. The van der Waals surface area contributed by atoms with Crippen LogP contribution in [0.4, 0.5) is 5.69 Å². The van der Waals surface area contributed by atoms with Crippen molar-refractivity contribution in [1.82, 2.24) is 4.90 Å². The Morgan fingerprint density at radius 3 is 1.94 bits per heavy atom. The van der Waals surface area contributed by atoms with Crippen LogP contribution in [0.2, 0.25) is 20.1 Å². The van der Waals surface area contributed by atoms with Gasteiger partial charge in [-0.2, -0.15) is 0 Å². The van der Waals surface area contributed by atoms with Crippen LogP contribution < -0.4 is 10.1 Å². The first-order valence-electron chi connectivity index (χ1n) is 8.97. The van der Waals surface area contributed by atoms with Gasteiger partial charge >= 0.3 is 5.97 Å². The van der Waals surface area contributed by atoms with Crippen LogP contribution in [0.15, 0.2) is 24.3 Å². The second-order valence-electron chi connectivity index (χ2n) is 6.46. The van der Waals surface area contributed by atoms with E-state index in [0.717, 1.165) is 4.90 Å². The number of ether oxygens (including phenoxy) is 2. The molecular weight excluding hydrogens is 506 g/mol. The average molecular weight is 520 g/mol. The van der Waals surface area contributed by atoms with Crippen molar-refractivity contribution in [1.29, 1.82) is 0 Å². The van der Waals surface area contributed by atoms with Crippen molar-refractivity contribution in [2.45, 2.75) is 6.42 Å². The summed E-state index contributed by atoms with van der Waals surface area (Å²) in [7, 11) is 1.52. The number of hydrogen-bond donors (Lipinski definition) is 1. The lowest BCUT2D eigenvalue weighted by Crippen LogP contribution is -2.32. The van der Waals surface area contributed by atoms with Gasteiger partial charge in [0.1, 0.15) is 5.75 Å². The molecule has 0 radical (unpaired) electrons. The number of halogens is 4. The summed E-state index contributed by atoms with van der Waals surface area (Å²) >= 11 is 24.0. The van der Waals surface area contributed by atoms with Crippen molar-refractivity contribution in [3.8, 4) is 5.75 Å². The first-order chi connectivity index (χ1) is 15.1. The number of anilines is 1. The molecule has 0 bridgehead atoms. The number of hydrogen-bond acceptors (Lipinski definition) is 6. The topological polar surface area (TPSA) is 102 Å². The Hall–Kier alpha value is -2.52. The number of nitrogens with one attached hydrogen (secondary N) is 1. The van der Waals surface area contributed by atoms with Crippen molar-refractivity contribution < 1.29 is 28.7 Å². The van der Waals surface area contributed by atoms with Crippen molar-refractivity contribution in [2.75, 3.05) is 25.6 Å². The number of carbonyl (C=O) groups is 4. The average Bonchev–Trinajstić information content (AvgIpc) is 3.03. The van der Waals surface area contributed by atoms with Gasteiger partial charge in [0.05, 0.1) is 44.7 Å². The molecule has 3 amide bonds. The summed E-state index contributed by atoms with van der Waals surface area (Å²) in [6, 6.07) is 6.55. The van der Waals surface area contributed by atoms with E-state index in [4.69, 9.17) is 55.9 Å². The molecule has 0 spiro atoms. The van der Waals surface area contributed by atoms with Gasteiger partial charge in [0.2, 0.25) is 0 Å². The lowest BCUT2D eigenvalue weighted by molar-refractivity contribution is -0.147. The number of amides is 3. The van der Waals surface area contributed by atoms with Crippen LogP contribution in [0, 0.1) is 0 Å². The predicted octanol–water partition coefficient (Wildman–Crippen LogP) is 4.48. The molecular formula is C20H14Cl4N2O6. The first kappa shape index (κ1) is 24.1. The zero-order valence-electron chi connectivity index (χ0n) is 16.3. The van der Waals surface area contributed by atoms with Gasteiger partial charge in [-0.3, -0.25) is 24.1 Å². The normalized spacial score (nSPS) is 12.6. The molecule has 0 aromatic heterocycles. The van der Waals surface area contributed by atoms with Crippen LogP contribution >= 0.6 is 46.4 Å². The summed E-state index contributed by atoms with van der Waals surface area (Å²) < 4.78 is 9.92. The molecule has 0 saturated carbocycles. The summed E-state index contributed by atoms with van der Waals surface area (Å²) in [5, 5.41) is 1.85. The van der Waals surface area contributed by atoms with Gasteiger partial charge in [0, 0.05) is 12.2 Å². The maximum absolute atomic E-state index is 12.6. The molecule has 1 heterocycles. The molecule has 0 aliphatic carbocycles. The SMILES string of the molecule is COc1ccc(NC(=O)COC(=O)CCN2C(=O)c3c(Cl)c(Cl)c(Cl)c(Cl)c3C2=O)cc1. The highest BCUT2D eigenvalue weighted by molar-refractivity contribution is 6.55. The minimum Gasteiger partial charge on any atom is -0.497 e. The molecule has 1 aliphatic heterocycles. The summed E-state index contributed by atoms with van der Waals surface area (Å²) in [6.45, 7) is -0.858. The number of carbonyl (C=O) groups excluding carboxylic acids is 4. The third kappa shape index (κ3) is 4.78. The Kier molecular flexibility index (Phi) is 7.51. The minimum atomic E-state index is -0.792. The smallest absolute Gasteiger partial charge is 0.308 e. The molecule has 1 aliphatic rings. The largest absolute Gasteiger partial charge is 0.497 e. The summed E-state index contributed by atoms with van der Waals surface area (Å²) in [5.74, 6) is -2.26. The Morgan fingerprint density at radius 1 is 0.906 bits per heavy atom. The van der Waals surface area contributed by atoms with Gasteiger partial charge in [-0.15, -0.1) is 0 Å². The summed E-state index contributed by atoms with van der Waals surface area (Å²) in [6.07, 6.45) is -0.349. The maximum atomic E-state index is 12.6. The van der Waals surface area contributed by atoms with Crippen LogP contribution in [-0.4, -0.2) is 48.9 Å². The molecule has 168 valence electrons. The van der Waals surface area contributed by atoms with Crippen molar-refractivity contribution >= 4 is 75.8 Å². The van der Waals surface area contributed by atoms with E-state index in [1.807, 2.05) is 0 Å². The van der Waals surface area contributed by atoms with Gasteiger partial charge in [-0.05, 0) is 24.3 Å². The number of fused-ring (bicyclic) bond motifs is 1. The molecule has 8 nitrogen and oxygen atoms in total. The fraction of sp³-hybridized carbons (Fsp3) is 0.200. The van der Waals surface area contributed by atoms with Crippen LogP contribution in [0.5, 0.6) is 5.75 Å². The Bertz CT molecular complexity index is 1070. The molecule has 0 saturated heterocycles. The number of imide groups is 1. The zero-order chi connectivity index (χ0) is 23.6. The molecule has 2 aromatic rings. The molecule has 0 fully saturated rings. The van der Waals surface area contributed by atoms with E-state index in [9.17, 15) is 19.2 Å². The van der Waals surface area contributed by atoms with Crippen LogP contribution in [-0.2, 0) is 14.3 Å². The summed E-state index contributed by atoms with van der Waals surface area (Å²) in [5.41, 5.74) is 0.135. The van der Waals surface area contributed by atoms with Gasteiger partial charge in [0.25, 0.3) is 17.7 Å². The lowest BCUT2D eigenvalue weighted by Gasteiger charge is -2.13. The minimum absolute atomic E-state index is 0.151. The highest BCUT2D eigenvalue weighted by Crippen LogP contribution is 2.44. The number of nitrogens with zero attached hydrogens (tertiary/aromatic N) is 1. The van der Waals surface area contributed by atoms with Gasteiger partial charge in [0.15, 0.2) is 6.61 Å². The Labute approximate surface area is 202 Å². The molecule has 32 heavy (non-hydrogen) atoms. The molecule has 0 unspecified atom stereocenters. The number of benzene rings is 2. The third-order valence-corrected chi connectivity index (χ3v) is 6.26. The van der Waals surface area contributed by atoms with Crippen LogP contribution in [0.3, 0.4) is 0 Å². The second kappa shape index (κ2) is 9.95. The monoisotopic (exact) mass is 518 g/mol. The third-order valence-electron chi connectivity index (χ3n) is 4.46. The molecule has 2 aromatic carbocycles. The molecule has 0 atom stereocenters. The predicted molar refractivity (Wildman–Crippen MR) is 119 cm³/mol. The fourth-order valence-corrected chi connectivity index (χ4v) is 3.91. The van der Waals surface area contributed by atoms with E-state index in [0.29, 0.717) is 11.4 Å². The number of esters is 1. The zero-order valence-corrected chi connectivity index (χ0v) is 19.4. The first-order valence-corrected chi connectivity index (χ1v) is 10.5. The van der Waals surface area contributed by atoms with Gasteiger partial charge < -0.3 is 14.8 Å². The van der Waals surface area contributed by atoms with E-state index in [1.54, 1.807) is 24.3 Å². The Morgan fingerprint density at radius 2 is 1.44 bits per heavy atom. The van der Waals surface area contributed by atoms with Crippen molar-refractivity contribution in [3.63, 3.8) is 0 Å². The van der Waals surface area contributed by atoms with Gasteiger partial charge in [-0.25, -0.2) is 0 Å². The number of rotatable bonds is 7. The van der Waals surface area contributed by atoms with Crippen molar-refractivity contribution in [3.05, 3.63) is 55.5 Å². The molecule has 1 N–H and O–H groups in total. The van der Waals surface area contributed by atoms with Gasteiger partial charge in [-0.1, -0.05) is 46.4 Å². The van der Waals surface area contributed by atoms with E-state index in [-0.39, 0.29) is 44.2 Å². The van der Waals surface area contributed by atoms with Crippen LogP contribution in [0.25, 0.3) is 0 Å². The second-order valence-corrected chi connectivity index (χ2v) is 7.97.